The molecule has 152 valence electrons. The molecule has 1 saturated heterocycles. The Morgan fingerprint density at radius 2 is 1.71 bits per heavy atom. The zero-order chi connectivity index (χ0) is 20.4. The lowest BCUT2D eigenvalue weighted by molar-refractivity contribution is 0.330. The Labute approximate surface area is 170 Å². The van der Waals surface area contributed by atoms with Crippen molar-refractivity contribution in [1.82, 2.24) is 4.31 Å². The molecule has 0 amide bonds. The fourth-order valence-electron chi connectivity index (χ4n) is 2.99. The van der Waals surface area contributed by atoms with Crippen LogP contribution in [0.1, 0.15) is 19.8 Å². The number of halogens is 1. The Hall–Kier alpha value is -1.81. The minimum Gasteiger partial charge on any atom is -0.492 e. The zero-order valence-electron chi connectivity index (χ0n) is 15.3. The van der Waals surface area contributed by atoms with Gasteiger partial charge in [-0.25, -0.2) is 16.8 Å². The SMILES string of the molecule is CCOc1ccc(NS(=O)(=O)c2ccccc2Cl)cc1S(=O)(=O)N1CCCC1. The smallest absolute Gasteiger partial charge is 0.263 e. The van der Waals surface area contributed by atoms with Gasteiger partial charge < -0.3 is 4.74 Å². The van der Waals surface area contributed by atoms with Crippen LogP contribution in [-0.4, -0.2) is 40.8 Å². The number of sulfonamides is 2. The fraction of sp³-hybridized carbons (Fsp3) is 0.333. The predicted octanol–water partition coefficient (Wildman–Crippen LogP) is 3.32. The highest BCUT2D eigenvalue weighted by Gasteiger charge is 2.31. The van der Waals surface area contributed by atoms with Crippen LogP contribution in [0.5, 0.6) is 5.75 Å². The Morgan fingerprint density at radius 1 is 1.04 bits per heavy atom. The topological polar surface area (TPSA) is 92.8 Å². The Kier molecular flexibility index (Phi) is 6.18. The maximum atomic E-state index is 13.0. The summed E-state index contributed by atoms with van der Waals surface area (Å²) in [5.74, 6) is 0.190. The Balaban J connectivity index is 2.01. The van der Waals surface area contributed by atoms with Gasteiger partial charge in [0.05, 0.1) is 17.3 Å². The molecule has 0 atom stereocenters. The van der Waals surface area contributed by atoms with E-state index >= 15 is 0 Å². The molecule has 1 fully saturated rings. The van der Waals surface area contributed by atoms with Gasteiger partial charge in [-0.3, -0.25) is 4.72 Å². The lowest BCUT2D eigenvalue weighted by atomic mass is 10.3. The zero-order valence-corrected chi connectivity index (χ0v) is 17.6. The van der Waals surface area contributed by atoms with E-state index in [0.29, 0.717) is 13.1 Å². The van der Waals surface area contributed by atoms with Crippen LogP contribution in [0, 0.1) is 0 Å². The number of rotatable bonds is 7. The van der Waals surface area contributed by atoms with E-state index in [2.05, 4.69) is 4.72 Å². The maximum Gasteiger partial charge on any atom is 0.263 e. The standard InChI is InChI=1S/C18H21ClN2O5S2/c1-2-26-16-10-9-14(13-18(16)28(24,25)21-11-5-6-12-21)20-27(22,23)17-8-4-3-7-15(17)19/h3-4,7-10,13,20H,2,5-6,11-12H2,1H3. The first-order chi connectivity index (χ1) is 13.3. The lowest BCUT2D eigenvalue weighted by Gasteiger charge is -2.19. The van der Waals surface area contributed by atoms with Crippen LogP contribution in [0.15, 0.2) is 52.3 Å². The molecule has 1 heterocycles. The van der Waals surface area contributed by atoms with Crippen LogP contribution in [0.25, 0.3) is 0 Å². The van der Waals surface area contributed by atoms with E-state index in [4.69, 9.17) is 16.3 Å². The van der Waals surface area contributed by atoms with Crippen molar-refractivity contribution in [3.63, 3.8) is 0 Å². The van der Waals surface area contributed by atoms with Crippen molar-refractivity contribution in [3.05, 3.63) is 47.5 Å². The molecule has 10 heteroatoms. The summed E-state index contributed by atoms with van der Waals surface area (Å²) in [6.45, 7) is 2.90. The van der Waals surface area contributed by atoms with Gasteiger partial charge in [0, 0.05) is 13.1 Å². The van der Waals surface area contributed by atoms with E-state index in [1.165, 1.54) is 34.6 Å². The first kappa shape index (κ1) is 20.9. The average Bonchev–Trinajstić information content (AvgIpc) is 3.18. The van der Waals surface area contributed by atoms with Gasteiger partial charge in [0.1, 0.15) is 15.5 Å². The molecule has 1 aliphatic rings. The highest BCUT2D eigenvalue weighted by Crippen LogP contribution is 2.33. The van der Waals surface area contributed by atoms with Crippen LogP contribution >= 0.6 is 11.6 Å². The van der Waals surface area contributed by atoms with Crippen LogP contribution in [-0.2, 0) is 20.0 Å². The van der Waals surface area contributed by atoms with Gasteiger partial charge in [-0.05, 0) is 50.1 Å². The molecule has 0 aliphatic carbocycles. The number of benzene rings is 2. The van der Waals surface area contributed by atoms with Crippen molar-refractivity contribution >= 4 is 37.3 Å². The normalized spacial score (nSPS) is 15.5. The second-order valence-corrected chi connectivity index (χ2v) is 10.2. The van der Waals surface area contributed by atoms with Gasteiger partial charge in [-0.1, -0.05) is 23.7 Å². The number of ether oxygens (including phenoxy) is 1. The van der Waals surface area contributed by atoms with Crippen molar-refractivity contribution in [2.45, 2.75) is 29.6 Å². The van der Waals surface area contributed by atoms with E-state index in [1.807, 2.05) is 0 Å². The van der Waals surface area contributed by atoms with E-state index in [1.54, 1.807) is 19.1 Å². The number of nitrogens with one attached hydrogen (secondary N) is 1. The van der Waals surface area contributed by atoms with Crippen molar-refractivity contribution < 1.29 is 21.6 Å². The first-order valence-electron chi connectivity index (χ1n) is 8.80. The first-order valence-corrected chi connectivity index (χ1v) is 12.1. The summed E-state index contributed by atoms with van der Waals surface area (Å²) in [6, 6.07) is 10.2. The molecule has 0 saturated carbocycles. The summed E-state index contributed by atoms with van der Waals surface area (Å²) in [4.78, 5) is -0.148. The van der Waals surface area contributed by atoms with E-state index < -0.39 is 20.0 Å². The third kappa shape index (κ3) is 4.27. The van der Waals surface area contributed by atoms with Crippen molar-refractivity contribution in [3.8, 4) is 5.75 Å². The summed E-state index contributed by atoms with van der Waals surface area (Å²) in [5, 5.41) is 0.0749. The molecular weight excluding hydrogens is 424 g/mol. The van der Waals surface area contributed by atoms with Gasteiger partial charge in [0.2, 0.25) is 10.0 Å². The van der Waals surface area contributed by atoms with Crippen LogP contribution in [0.4, 0.5) is 5.69 Å². The number of anilines is 1. The largest absolute Gasteiger partial charge is 0.492 e. The second kappa shape index (κ2) is 8.28. The highest BCUT2D eigenvalue weighted by atomic mass is 35.5. The molecule has 0 unspecified atom stereocenters. The number of hydrogen-bond acceptors (Lipinski definition) is 5. The van der Waals surface area contributed by atoms with Crippen molar-refractivity contribution in [2.24, 2.45) is 0 Å². The predicted molar refractivity (Wildman–Crippen MR) is 108 cm³/mol. The van der Waals surface area contributed by atoms with E-state index in [9.17, 15) is 16.8 Å². The molecule has 28 heavy (non-hydrogen) atoms. The Bertz CT molecular complexity index is 1070. The molecule has 0 radical (unpaired) electrons. The Morgan fingerprint density at radius 3 is 2.36 bits per heavy atom. The molecule has 0 spiro atoms. The third-order valence-corrected chi connectivity index (χ3v) is 8.11. The van der Waals surface area contributed by atoms with Gasteiger partial charge >= 0.3 is 0 Å². The summed E-state index contributed by atoms with van der Waals surface area (Å²) < 4.78 is 60.6. The van der Waals surface area contributed by atoms with Gasteiger partial charge in [0.15, 0.2) is 0 Å². The summed E-state index contributed by atoms with van der Waals surface area (Å²) in [6.07, 6.45) is 1.59. The second-order valence-electron chi connectivity index (χ2n) is 6.24. The number of hydrogen-bond donors (Lipinski definition) is 1. The van der Waals surface area contributed by atoms with Gasteiger partial charge in [0.25, 0.3) is 10.0 Å². The van der Waals surface area contributed by atoms with E-state index in [-0.39, 0.29) is 32.9 Å². The molecule has 3 rings (SSSR count). The molecule has 7 nitrogen and oxygen atoms in total. The van der Waals surface area contributed by atoms with Crippen molar-refractivity contribution in [1.29, 1.82) is 0 Å². The molecule has 0 bridgehead atoms. The summed E-state index contributed by atoms with van der Waals surface area (Å²) in [5.41, 5.74) is 0.112. The monoisotopic (exact) mass is 444 g/mol. The van der Waals surface area contributed by atoms with Gasteiger partial charge in [-0.15, -0.1) is 0 Å². The minimum atomic E-state index is -3.98. The van der Waals surface area contributed by atoms with Crippen LogP contribution < -0.4 is 9.46 Å². The highest BCUT2D eigenvalue weighted by molar-refractivity contribution is 7.93. The molecule has 1 N–H and O–H groups in total. The molecule has 0 aromatic heterocycles. The number of nitrogens with zero attached hydrogens (tertiary/aromatic N) is 1. The molecule has 1 aliphatic heterocycles. The fourth-order valence-corrected chi connectivity index (χ4v) is 6.23. The van der Waals surface area contributed by atoms with Crippen molar-refractivity contribution in [2.75, 3.05) is 24.4 Å². The van der Waals surface area contributed by atoms with E-state index in [0.717, 1.165) is 12.8 Å². The average molecular weight is 445 g/mol. The molecular formula is C18H21ClN2O5S2. The van der Waals surface area contributed by atoms with Crippen LogP contribution in [0.2, 0.25) is 5.02 Å². The maximum absolute atomic E-state index is 13.0. The quantitative estimate of drug-likeness (QED) is 0.707. The molecule has 2 aromatic carbocycles. The lowest BCUT2D eigenvalue weighted by Crippen LogP contribution is -2.28. The van der Waals surface area contributed by atoms with Gasteiger partial charge in [-0.2, -0.15) is 4.31 Å². The van der Waals surface area contributed by atoms with Crippen LogP contribution in [0.3, 0.4) is 0 Å². The molecule has 2 aromatic rings. The minimum absolute atomic E-state index is 0.0596. The summed E-state index contributed by atoms with van der Waals surface area (Å²) >= 11 is 5.99. The third-order valence-electron chi connectivity index (χ3n) is 4.30. The summed E-state index contributed by atoms with van der Waals surface area (Å²) in [7, 11) is -7.78.